The van der Waals surface area contributed by atoms with E-state index >= 15 is 0 Å². The third kappa shape index (κ3) is 1.22. The number of H-pyrrole nitrogens is 1. The molecule has 4 nitrogen and oxygen atoms in total. The molecule has 0 atom stereocenters. The van der Waals surface area contributed by atoms with Crippen LogP contribution >= 0.6 is 0 Å². The van der Waals surface area contributed by atoms with Gasteiger partial charge in [-0.25, -0.2) is 4.98 Å². The number of nitrogens with one attached hydrogen (secondary N) is 1. The summed E-state index contributed by atoms with van der Waals surface area (Å²) in [6, 6.07) is 9.12. The van der Waals surface area contributed by atoms with Crippen LogP contribution in [0.2, 0.25) is 0 Å². The zero-order valence-corrected chi connectivity index (χ0v) is 8.38. The molecule has 0 radical (unpaired) electrons. The topological polar surface area (TPSA) is 69.1 Å². The molecule has 1 aromatic carbocycles. The third-order valence-corrected chi connectivity index (χ3v) is 2.70. The van der Waals surface area contributed by atoms with E-state index in [2.05, 4.69) is 9.97 Å². The van der Waals surface area contributed by atoms with Crippen molar-refractivity contribution in [1.29, 1.82) is 0 Å². The Bertz CT molecular complexity index is 663. The van der Waals surface area contributed by atoms with E-state index in [4.69, 9.17) is 0 Å². The molecule has 5 heteroatoms. The number of rotatable bonds is 1. The highest BCUT2D eigenvalue weighted by Crippen LogP contribution is 2.21. The molecule has 0 saturated heterocycles. The van der Waals surface area contributed by atoms with Crippen LogP contribution in [0.4, 0.5) is 0 Å². The van der Waals surface area contributed by atoms with Gasteiger partial charge in [0.05, 0.1) is 0 Å². The summed E-state index contributed by atoms with van der Waals surface area (Å²) in [5.74, 6) is 0. The molecule has 78 valence electrons. The molecule has 0 spiro atoms. The monoisotopic (exact) mass is 212 g/mol. The summed E-state index contributed by atoms with van der Waals surface area (Å²) in [4.78, 5) is 7.34. The number of hydrogen-bond acceptors (Lipinski definition) is 3. The van der Waals surface area contributed by atoms with Crippen molar-refractivity contribution in [2.75, 3.05) is 0 Å². The van der Waals surface area contributed by atoms with E-state index in [1.54, 1.807) is 18.3 Å². The van der Waals surface area contributed by atoms with Crippen molar-refractivity contribution in [3.05, 3.63) is 36.5 Å². The van der Waals surface area contributed by atoms with Crippen molar-refractivity contribution in [3.63, 3.8) is 0 Å². The lowest BCUT2D eigenvalue weighted by atomic mass is 9.77. The molecule has 0 unspecified atom stereocenters. The van der Waals surface area contributed by atoms with Crippen LogP contribution in [0.5, 0.6) is 0 Å². The van der Waals surface area contributed by atoms with Crippen molar-refractivity contribution in [1.82, 2.24) is 9.97 Å². The zero-order valence-electron chi connectivity index (χ0n) is 8.38. The summed E-state index contributed by atoms with van der Waals surface area (Å²) in [6.45, 7) is 0. The van der Waals surface area contributed by atoms with Crippen LogP contribution in [0.1, 0.15) is 0 Å². The van der Waals surface area contributed by atoms with Crippen LogP contribution in [-0.2, 0) is 0 Å². The Morgan fingerprint density at radius 1 is 1.12 bits per heavy atom. The molecule has 0 aliphatic rings. The highest BCUT2D eigenvalue weighted by Gasteiger charge is 2.17. The lowest BCUT2D eigenvalue weighted by Gasteiger charge is -2.01. The normalized spacial score (nSPS) is 11.1. The number of fused-ring (bicyclic) bond motifs is 3. The van der Waals surface area contributed by atoms with Crippen molar-refractivity contribution in [2.45, 2.75) is 0 Å². The first kappa shape index (κ1) is 9.39. The molecular formula is C11H9BN2O2. The van der Waals surface area contributed by atoms with Gasteiger partial charge >= 0.3 is 7.12 Å². The Labute approximate surface area is 91.7 Å². The van der Waals surface area contributed by atoms with Gasteiger partial charge in [0.1, 0.15) is 5.65 Å². The number of hydrogen-bond donors (Lipinski definition) is 3. The van der Waals surface area contributed by atoms with Crippen molar-refractivity contribution < 1.29 is 10.0 Å². The fraction of sp³-hybridized carbons (Fsp3) is 0. The summed E-state index contributed by atoms with van der Waals surface area (Å²) in [6.07, 6.45) is 1.70. The molecule has 0 saturated carbocycles. The van der Waals surface area contributed by atoms with Gasteiger partial charge in [-0.3, -0.25) is 0 Å². The van der Waals surface area contributed by atoms with Crippen LogP contribution < -0.4 is 5.46 Å². The molecule has 0 aliphatic carbocycles. The first-order valence-electron chi connectivity index (χ1n) is 4.99. The summed E-state index contributed by atoms with van der Waals surface area (Å²) >= 11 is 0. The quantitative estimate of drug-likeness (QED) is 0.511. The van der Waals surface area contributed by atoms with Crippen LogP contribution in [-0.4, -0.2) is 27.1 Å². The van der Waals surface area contributed by atoms with Crippen LogP contribution in [0.3, 0.4) is 0 Å². The van der Waals surface area contributed by atoms with E-state index < -0.39 is 7.12 Å². The number of benzene rings is 1. The maximum Gasteiger partial charge on any atom is 0.489 e. The molecular weight excluding hydrogens is 203 g/mol. The Kier molecular flexibility index (Phi) is 1.95. The molecule has 3 N–H and O–H groups in total. The van der Waals surface area contributed by atoms with Gasteiger partial charge in [-0.05, 0) is 23.7 Å². The molecule has 3 aromatic rings. The first-order chi connectivity index (χ1) is 7.77. The fourth-order valence-electron chi connectivity index (χ4n) is 2.02. The average Bonchev–Trinajstić information content (AvgIpc) is 2.66. The summed E-state index contributed by atoms with van der Waals surface area (Å²) in [5.41, 5.74) is 2.11. The van der Waals surface area contributed by atoms with Gasteiger partial charge in [0.15, 0.2) is 0 Å². The molecule has 16 heavy (non-hydrogen) atoms. The van der Waals surface area contributed by atoms with Gasteiger partial charge in [-0.1, -0.05) is 12.1 Å². The molecule has 0 amide bonds. The van der Waals surface area contributed by atoms with Crippen LogP contribution in [0.15, 0.2) is 36.5 Å². The summed E-state index contributed by atoms with van der Waals surface area (Å²) < 4.78 is 0. The van der Waals surface area contributed by atoms with Gasteiger partial charge < -0.3 is 15.0 Å². The largest absolute Gasteiger partial charge is 0.489 e. The Morgan fingerprint density at radius 2 is 2.00 bits per heavy atom. The van der Waals surface area contributed by atoms with Gasteiger partial charge in [0, 0.05) is 22.5 Å². The minimum absolute atomic E-state index is 0.497. The van der Waals surface area contributed by atoms with Gasteiger partial charge in [0.2, 0.25) is 0 Å². The SMILES string of the molecule is OB(O)c1cccc2[nH]c3ncccc3c12. The van der Waals surface area contributed by atoms with E-state index in [9.17, 15) is 10.0 Å². The molecule has 0 fully saturated rings. The van der Waals surface area contributed by atoms with Gasteiger partial charge in [-0.2, -0.15) is 0 Å². The second-order valence-corrected chi connectivity index (χ2v) is 3.67. The molecule has 2 heterocycles. The van der Waals surface area contributed by atoms with E-state index in [1.807, 2.05) is 18.2 Å². The van der Waals surface area contributed by atoms with Crippen molar-refractivity contribution in [3.8, 4) is 0 Å². The standard InChI is InChI=1S/C11H9BN2O2/c15-12(16)8-4-1-5-9-10(8)7-3-2-6-13-11(7)14-9/h1-6,15-16H,(H,13,14). The highest BCUT2D eigenvalue weighted by atomic mass is 16.4. The molecule has 0 aliphatic heterocycles. The maximum absolute atomic E-state index is 9.32. The molecule has 2 aromatic heterocycles. The van der Waals surface area contributed by atoms with E-state index in [0.29, 0.717) is 5.46 Å². The highest BCUT2D eigenvalue weighted by molar-refractivity contribution is 6.62. The van der Waals surface area contributed by atoms with Gasteiger partial charge in [-0.15, -0.1) is 0 Å². The number of nitrogens with zero attached hydrogens (tertiary/aromatic N) is 1. The van der Waals surface area contributed by atoms with Crippen molar-refractivity contribution in [2.24, 2.45) is 0 Å². The minimum Gasteiger partial charge on any atom is -0.423 e. The smallest absolute Gasteiger partial charge is 0.423 e. The number of aromatic amines is 1. The second kappa shape index (κ2) is 3.33. The Morgan fingerprint density at radius 3 is 2.81 bits per heavy atom. The summed E-state index contributed by atoms with van der Waals surface area (Å²) in [7, 11) is -1.47. The fourth-order valence-corrected chi connectivity index (χ4v) is 2.02. The van der Waals surface area contributed by atoms with Crippen LogP contribution in [0.25, 0.3) is 21.9 Å². The van der Waals surface area contributed by atoms with E-state index in [1.165, 1.54) is 0 Å². The van der Waals surface area contributed by atoms with Gasteiger partial charge in [0.25, 0.3) is 0 Å². The van der Waals surface area contributed by atoms with Crippen LogP contribution in [0, 0.1) is 0 Å². The lowest BCUT2D eigenvalue weighted by Crippen LogP contribution is -2.30. The Balaban J connectivity index is 2.53. The van der Waals surface area contributed by atoms with E-state index in [0.717, 1.165) is 21.9 Å². The Hall–Kier alpha value is -1.85. The van der Waals surface area contributed by atoms with Crippen molar-refractivity contribution >= 4 is 34.5 Å². The number of pyridine rings is 1. The predicted octanol–water partition coefficient (Wildman–Crippen LogP) is 0.396. The molecule has 3 rings (SSSR count). The zero-order chi connectivity index (χ0) is 11.1. The number of aromatic nitrogens is 2. The first-order valence-corrected chi connectivity index (χ1v) is 4.99. The lowest BCUT2D eigenvalue weighted by molar-refractivity contribution is 0.426. The summed E-state index contributed by atoms with van der Waals surface area (Å²) in [5, 5.41) is 20.4. The third-order valence-electron chi connectivity index (χ3n) is 2.70. The predicted molar refractivity (Wildman–Crippen MR) is 63.4 cm³/mol. The van der Waals surface area contributed by atoms with E-state index in [-0.39, 0.29) is 0 Å². The minimum atomic E-state index is -1.47. The maximum atomic E-state index is 9.32. The average molecular weight is 212 g/mol. The second-order valence-electron chi connectivity index (χ2n) is 3.67. The molecule has 0 bridgehead atoms.